The van der Waals surface area contributed by atoms with E-state index in [4.69, 9.17) is 30.9 Å². The van der Waals surface area contributed by atoms with Crippen LogP contribution in [0, 0.1) is 31.2 Å². The molecule has 288 valence electrons. The lowest BCUT2D eigenvalue weighted by atomic mass is 9.75. The van der Waals surface area contributed by atoms with E-state index in [0.717, 1.165) is 37.1 Å². The number of ether oxygens (including phenoxy) is 1. The fourth-order valence-electron chi connectivity index (χ4n) is 6.96. The lowest BCUT2D eigenvalue weighted by molar-refractivity contribution is -0.195. The van der Waals surface area contributed by atoms with E-state index >= 15 is 0 Å². The Bertz CT molecular complexity index is 2370. The Morgan fingerprint density at radius 1 is 1.13 bits per heavy atom. The van der Waals surface area contributed by atoms with E-state index in [-0.39, 0.29) is 45.5 Å². The predicted octanol–water partition coefficient (Wildman–Crippen LogP) is 7.24. The van der Waals surface area contributed by atoms with Crippen LogP contribution in [0.1, 0.15) is 49.5 Å². The van der Waals surface area contributed by atoms with Crippen molar-refractivity contribution in [1.82, 2.24) is 14.6 Å². The number of aromatic amines is 1. The summed E-state index contributed by atoms with van der Waals surface area (Å²) in [6.45, 7) is 15.9. The quantitative estimate of drug-likeness (QED) is 0.0166. The van der Waals surface area contributed by atoms with Gasteiger partial charge in [-0.3, -0.25) is 14.4 Å². The molecule has 1 amide bonds. The van der Waals surface area contributed by atoms with Crippen molar-refractivity contribution in [3.8, 4) is 17.1 Å². The maximum atomic E-state index is 13.8. The number of amides is 1. The molecule has 55 heavy (non-hydrogen) atoms. The van der Waals surface area contributed by atoms with Crippen molar-refractivity contribution in [2.45, 2.75) is 56.4 Å². The zero-order chi connectivity index (χ0) is 39.4. The number of carbonyl (C=O) groups excluding carboxylic acids is 2. The second-order valence-electron chi connectivity index (χ2n) is 13.3. The molecule has 1 aliphatic carbocycles. The zero-order valence-corrected chi connectivity index (χ0v) is 32.5. The number of anilines is 3. The zero-order valence-electron chi connectivity index (χ0n) is 30.1. The number of benzene rings is 3. The van der Waals surface area contributed by atoms with Crippen molar-refractivity contribution in [3.05, 3.63) is 89.4 Å². The SMILES string of the molecule is [C-]#[N+]c1cn2nc(-c3cc(NSOc4cccc(S(N)(=O)=O)c4)c(C)c(N(C=O)c4cccc(SOON)c4)c3)[nH]c2c1C(=O)OC1C(C)CC(C)CC1C. The molecule has 2 unspecified atom stereocenters. The van der Waals surface area contributed by atoms with Crippen molar-refractivity contribution in [2.75, 3.05) is 9.62 Å². The summed E-state index contributed by atoms with van der Waals surface area (Å²) in [7, 11) is -3.96. The van der Waals surface area contributed by atoms with Crippen LogP contribution in [-0.4, -0.2) is 41.5 Å². The van der Waals surface area contributed by atoms with Gasteiger partial charge >= 0.3 is 5.97 Å². The highest BCUT2D eigenvalue weighted by Gasteiger charge is 2.36. The van der Waals surface area contributed by atoms with Gasteiger partial charge in [-0.15, -0.1) is 14.4 Å². The number of esters is 1. The number of aromatic nitrogens is 3. The van der Waals surface area contributed by atoms with Gasteiger partial charge in [0.2, 0.25) is 22.1 Å². The van der Waals surface area contributed by atoms with Gasteiger partial charge in [0.15, 0.2) is 18.1 Å². The van der Waals surface area contributed by atoms with Gasteiger partial charge in [-0.1, -0.05) is 32.9 Å². The van der Waals surface area contributed by atoms with E-state index in [9.17, 15) is 18.0 Å². The van der Waals surface area contributed by atoms with E-state index in [2.05, 4.69) is 45.4 Å². The Balaban J connectivity index is 1.38. The molecule has 1 saturated carbocycles. The summed E-state index contributed by atoms with van der Waals surface area (Å²) in [5.74, 6) is 5.78. The molecule has 1 aliphatic rings. The summed E-state index contributed by atoms with van der Waals surface area (Å²) < 4.78 is 44.9. The van der Waals surface area contributed by atoms with Crippen molar-refractivity contribution in [1.29, 1.82) is 0 Å². The first kappa shape index (κ1) is 39.6. The van der Waals surface area contributed by atoms with Gasteiger partial charge < -0.3 is 13.9 Å². The molecule has 5 aromatic rings. The third-order valence-electron chi connectivity index (χ3n) is 9.36. The smallest absolute Gasteiger partial charge is 0.331 e. The number of nitrogens with two attached hydrogens (primary N) is 2. The van der Waals surface area contributed by atoms with Crippen LogP contribution in [0.5, 0.6) is 5.75 Å². The molecule has 6 N–H and O–H groups in total. The van der Waals surface area contributed by atoms with Gasteiger partial charge in [-0.05, 0) is 85.5 Å². The molecule has 19 heteroatoms. The number of nitrogens with one attached hydrogen (secondary N) is 2. The molecule has 0 radical (unpaired) electrons. The number of rotatable bonds is 14. The first-order valence-electron chi connectivity index (χ1n) is 16.9. The van der Waals surface area contributed by atoms with E-state index < -0.39 is 16.0 Å². The Labute approximate surface area is 326 Å². The maximum Gasteiger partial charge on any atom is 0.331 e. The Morgan fingerprint density at radius 3 is 2.56 bits per heavy atom. The lowest BCUT2D eigenvalue weighted by Gasteiger charge is -2.37. The Morgan fingerprint density at radius 2 is 1.87 bits per heavy atom. The minimum absolute atomic E-state index is 0.0793. The monoisotopic (exact) mass is 806 g/mol. The number of sulfonamides is 1. The van der Waals surface area contributed by atoms with Gasteiger partial charge in [0.1, 0.15) is 23.1 Å². The van der Waals surface area contributed by atoms with Gasteiger partial charge in [-0.2, -0.15) is 5.90 Å². The average molecular weight is 807 g/mol. The lowest BCUT2D eigenvalue weighted by Crippen LogP contribution is -2.37. The van der Waals surface area contributed by atoms with Crippen LogP contribution < -0.4 is 24.8 Å². The fourth-order valence-corrected chi connectivity index (χ4v) is 8.47. The van der Waals surface area contributed by atoms with Gasteiger partial charge in [-0.25, -0.2) is 27.7 Å². The summed E-state index contributed by atoms with van der Waals surface area (Å²) >= 11 is 1.65. The van der Waals surface area contributed by atoms with Crippen LogP contribution >= 0.6 is 24.3 Å². The Hall–Kier alpha value is -5.07. The molecule has 1 fully saturated rings. The number of hydrogen-bond acceptors (Lipinski definition) is 13. The minimum Gasteiger partial charge on any atom is -0.459 e. The summed E-state index contributed by atoms with van der Waals surface area (Å²) in [5.41, 5.74) is 2.99. The van der Waals surface area contributed by atoms with Crippen LogP contribution in [0.3, 0.4) is 0 Å². The molecule has 2 atom stereocenters. The molecule has 2 heterocycles. The number of primary sulfonamides is 1. The van der Waals surface area contributed by atoms with Crippen molar-refractivity contribution < 1.29 is 36.2 Å². The number of hydrogen-bond donors (Lipinski definition) is 4. The first-order chi connectivity index (χ1) is 26.3. The number of fused-ring (bicyclic) bond motifs is 1. The fraction of sp³-hybridized carbons (Fsp3) is 0.278. The van der Waals surface area contributed by atoms with E-state index in [1.54, 1.807) is 49.4 Å². The van der Waals surface area contributed by atoms with Crippen LogP contribution in [-0.2, 0) is 28.9 Å². The number of carbonyl (C=O) groups is 2. The first-order valence-corrected chi connectivity index (χ1v) is 20.0. The standard InChI is InChI=1S/C36H38N8O8S3/c1-20-12-21(2)33(22(3)13-20)49-36(46)32-30(39-5)18-44-35(32)40-34(41-44)24-14-29(42-54-50-26-9-7-11-28(17-26)55(38,47)48)23(4)31(15-24)43(19-45)25-8-6-10-27(16-25)53-52-51-37/h6-11,14-22,33,42H,12-13,37H2,1-4H3,(H,40,41)(H2,38,47,48). The summed E-state index contributed by atoms with van der Waals surface area (Å²) in [6.07, 6.45) is 3.70. The van der Waals surface area contributed by atoms with Crippen LogP contribution in [0.25, 0.3) is 21.9 Å². The van der Waals surface area contributed by atoms with Gasteiger partial charge in [0.25, 0.3) is 0 Å². The number of H-pyrrole nitrogens is 1. The third kappa shape index (κ3) is 8.76. The minimum atomic E-state index is -3.96. The van der Waals surface area contributed by atoms with Crippen LogP contribution in [0.4, 0.5) is 22.7 Å². The van der Waals surface area contributed by atoms with Crippen molar-refractivity contribution >= 4 is 75.1 Å². The van der Waals surface area contributed by atoms with Gasteiger partial charge in [0.05, 0.1) is 34.9 Å². The van der Waals surface area contributed by atoms with Crippen LogP contribution in [0.15, 0.2) is 76.7 Å². The molecule has 0 spiro atoms. The second-order valence-corrected chi connectivity index (χ2v) is 16.2. The van der Waals surface area contributed by atoms with Crippen LogP contribution in [0.2, 0.25) is 0 Å². The average Bonchev–Trinajstić information content (AvgIpc) is 3.72. The molecular weight excluding hydrogens is 769 g/mol. The molecule has 0 bridgehead atoms. The second kappa shape index (κ2) is 16.7. The molecule has 0 saturated heterocycles. The molecule has 16 nitrogen and oxygen atoms in total. The summed E-state index contributed by atoms with van der Waals surface area (Å²) in [6, 6.07) is 16.1. The van der Waals surface area contributed by atoms with Crippen molar-refractivity contribution in [3.63, 3.8) is 0 Å². The topological polar surface area (TPSA) is 210 Å². The highest BCUT2D eigenvalue weighted by Crippen LogP contribution is 2.40. The predicted molar refractivity (Wildman–Crippen MR) is 208 cm³/mol. The van der Waals surface area contributed by atoms with E-state index in [1.165, 1.54) is 33.8 Å². The third-order valence-corrected chi connectivity index (χ3v) is 11.4. The van der Waals surface area contributed by atoms with Crippen molar-refractivity contribution in [2.24, 2.45) is 28.8 Å². The maximum absolute atomic E-state index is 13.8. The molecule has 2 aromatic heterocycles. The highest BCUT2D eigenvalue weighted by molar-refractivity contribution is 7.96. The summed E-state index contributed by atoms with van der Waals surface area (Å²) in [4.78, 5) is 39.5. The molecule has 6 rings (SSSR count). The molecule has 0 aliphatic heterocycles. The highest BCUT2D eigenvalue weighted by atomic mass is 32.2. The Kier molecular flexibility index (Phi) is 12.1. The normalized spacial score (nSPS) is 18.4. The summed E-state index contributed by atoms with van der Waals surface area (Å²) in [5, 5.41) is 9.97. The van der Waals surface area contributed by atoms with Gasteiger partial charge in [0, 0.05) is 28.4 Å². The number of nitrogens with zero attached hydrogens (tertiary/aromatic N) is 4. The molecular formula is C36H38N8O8S3. The largest absolute Gasteiger partial charge is 0.459 e. The van der Waals surface area contributed by atoms with E-state index in [0.29, 0.717) is 51.2 Å². The molecule has 3 aromatic carbocycles. The van der Waals surface area contributed by atoms with E-state index in [1.807, 2.05) is 0 Å².